The second-order valence-corrected chi connectivity index (χ2v) is 9.89. The summed E-state index contributed by atoms with van der Waals surface area (Å²) in [6.07, 6.45) is 1.04. The quantitative estimate of drug-likeness (QED) is 0.313. The number of methoxy groups -OCH3 is 1. The minimum Gasteiger partial charge on any atom is -0.497 e. The van der Waals surface area contributed by atoms with Crippen molar-refractivity contribution in [2.75, 3.05) is 40.8 Å². The Kier molecular flexibility index (Phi) is 9.78. The lowest BCUT2D eigenvalue weighted by atomic mass is 9.98. The molecule has 32 heavy (non-hydrogen) atoms. The van der Waals surface area contributed by atoms with E-state index in [4.69, 9.17) is 9.73 Å². The first-order chi connectivity index (χ1) is 14.9. The predicted octanol–water partition coefficient (Wildman–Crippen LogP) is 3.52. The normalized spacial score (nSPS) is 16.7. The van der Waals surface area contributed by atoms with E-state index < -0.39 is 10.0 Å². The Bertz CT molecular complexity index is 1010. The van der Waals surface area contributed by atoms with Crippen molar-refractivity contribution in [1.82, 2.24) is 14.5 Å². The summed E-state index contributed by atoms with van der Waals surface area (Å²) < 4.78 is 31.8. The maximum Gasteiger partial charge on any atom is 0.242 e. The number of likely N-dealkylation sites (tertiary alicyclic amines) is 1. The van der Waals surface area contributed by atoms with Crippen molar-refractivity contribution in [3.05, 3.63) is 59.7 Å². The third-order valence-electron chi connectivity index (χ3n) is 5.54. The highest BCUT2D eigenvalue weighted by Crippen LogP contribution is 2.28. The van der Waals surface area contributed by atoms with Crippen molar-refractivity contribution >= 4 is 40.0 Å². The van der Waals surface area contributed by atoms with E-state index in [1.54, 1.807) is 33.3 Å². The van der Waals surface area contributed by atoms with Crippen LogP contribution in [0, 0.1) is 0 Å². The zero-order valence-corrected chi connectivity index (χ0v) is 22.3. The van der Waals surface area contributed by atoms with Crippen LogP contribution >= 0.6 is 24.0 Å². The molecule has 1 aliphatic rings. The number of rotatable bonds is 7. The summed E-state index contributed by atoms with van der Waals surface area (Å²) in [6, 6.07) is 15.3. The number of guanidine groups is 1. The Morgan fingerprint density at radius 2 is 1.88 bits per heavy atom. The molecule has 0 radical (unpaired) electrons. The Hall–Kier alpha value is -1.85. The number of nitrogens with zero attached hydrogens (tertiary/aromatic N) is 3. The van der Waals surface area contributed by atoms with Crippen LogP contribution < -0.4 is 10.1 Å². The second-order valence-electron chi connectivity index (χ2n) is 7.77. The van der Waals surface area contributed by atoms with Gasteiger partial charge in [0, 0.05) is 39.6 Å². The number of aliphatic imine (C=N–C) groups is 1. The maximum absolute atomic E-state index is 12.7. The zero-order valence-electron chi connectivity index (χ0n) is 19.1. The molecule has 1 aliphatic heterocycles. The molecule has 0 aliphatic carbocycles. The van der Waals surface area contributed by atoms with Gasteiger partial charge in [-0.1, -0.05) is 30.3 Å². The first-order valence-electron chi connectivity index (χ1n) is 10.5. The molecule has 1 unspecified atom stereocenters. The first kappa shape index (κ1) is 26.4. The van der Waals surface area contributed by atoms with Crippen LogP contribution in [0.3, 0.4) is 0 Å². The van der Waals surface area contributed by atoms with E-state index >= 15 is 0 Å². The van der Waals surface area contributed by atoms with Crippen LogP contribution in [-0.2, 0) is 16.6 Å². The summed E-state index contributed by atoms with van der Waals surface area (Å²) >= 11 is 0. The van der Waals surface area contributed by atoms with Gasteiger partial charge < -0.3 is 15.0 Å². The lowest BCUT2D eigenvalue weighted by molar-refractivity contribution is 0.414. The molecule has 1 fully saturated rings. The van der Waals surface area contributed by atoms with Gasteiger partial charge in [-0.3, -0.25) is 0 Å². The molecule has 176 valence electrons. The van der Waals surface area contributed by atoms with Crippen LogP contribution in [0.2, 0.25) is 0 Å². The predicted molar refractivity (Wildman–Crippen MR) is 139 cm³/mol. The molecule has 0 spiro atoms. The molecule has 0 saturated carbocycles. The van der Waals surface area contributed by atoms with Gasteiger partial charge in [0.15, 0.2) is 5.96 Å². The standard InChI is InChI=1S/C23H32N4O3S.HI/c1-5-24-23(25-16-19-8-6-7-9-22(19)31(28,29)26(2)3)27-15-14-20(17-27)18-10-12-21(30-4)13-11-18;/h6-13,20H,5,14-17H2,1-4H3,(H,24,25);1H. The average molecular weight is 573 g/mol. The van der Waals surface area contributed by atoms with Gasteiger partial charge in [-0.25, -0.2) is 17.7 Å². The molecule has 0 amide bonds. The van der Waals surface area contributed by atoms with E-state index in [9.17, 15) is 8.42 Å². The van der Waals surface area contributed by atoms with Gasteiger partial charge in [0.1, 0.15) is 5.75 Å². The van der Waals surface area contributed by atoms with Gasteiger partial charge in [0.2, 0.25) is 10.0 Å². The zero-order chi connectivity index (χ0) is 22.4. The van der Waals surface area contributed by atoms with E-state index in [0.717, 1.165) is 37.8 Å². The van der Waals surface area contributed by atoms with Crippen molar-refractivity contribution in [1.29, 1.82) is 0 Å². The van der Waals surface area contributed by atoms with Crippen molar-refractivity contribution in [2.24, 2.45) is 4.99 Å². The summed E-state index contributed by atoms with van der Waals surface area (Å²) in [6.45, 7) is 4.86. The highest BCUT2D eigenvalue weighted by atomic mass is 127. The van der Waals surface area contributed by atoms with Crippen molar-refractivity contribution in [3.63, 3.8) is 0 Å². The molecule has 1 heterocycles. The van der Waals surface area contributed by atoms with Crippen LogP contribution in [0.4, 0.5) is 0 Å². The topological polar surface area (TPSA) is 74.2 Å². The van der Waals surface area contributed by atoms with E-state index in [1.807, 2.05) is 31.2 Å². The van der Waals surface area contributed by atoms with Crippen LogP contribution in [0.15, 0.2) is 58.4 Å². The number of halogens is 1. The lowest BCUT2D eigenvalue weighted by Gasteiger charge is -2.22. The fourth-order valence-electron chi connectivity index (χ4n) is 3.77. The highest BCUT2D eigenvalue weighted by molar-refractivity contribution is 14.0. The smallest absolute Gasteiger partial charge is 0.242 e. The highest BCUT2D eigenvalue weighted by Gasteiger charge is 2.26. The molecular weight excluding hydrogens is 539 g/mol. The molecule has 2 aromatic rings. The van der Waals surface area contributed by atoms with Crippen molar-refractivity contribution in [3.8, 4) is 5.75 Å². The van der Waals surface area contributed by atoms with Crippen LogP contribution in [0.5, 0.6) is 5.75 Å². The van der Waals surface area contributed by atoms with Crippen LogP contribution in [-0.4, -0.2) is 64.4 Å². The number of sulfonamides is 1. The minimum atomic E-state index is -3.52. The summed E-state index contributed by atoms with van der Waals surface area (Å²) in [5, 5.41) is 3.36. The van der Waals surface area contributed by atoms with Gasteiger partial charge in [0.05, 0.1) is 18.6 Å². The fraction of sp³-hybridized carbons (Fsp3) is 0.435. The molecular formula is C23H33IN4O3S. The molecule has 1 N–H and O–H groups in total. The molecule has 3 rings (SSSR count). The molecule has 9 heteroatoms. The van der Waals surface area contributed by atoms with Gasteiger partial charge in [-0.05, 0) is 42.7 Å². The Morgan fingerprint density at radius 3 is 2.50 bits per heavy atom. The van der Waals surface area contributed by atoms with E-state index in [0.29, 0.717) is 22.9 Å². The Morgan fingerprint density at radius 1 is 1.19 bits per heavy atom. The Balaban J connectivity index is 0.00000363. The van der Waals surface area contributed by atoms with Crippen LogP contribution in [0.1, 0.15) is 30.4 Å². The number of hydrogen-bond donors (Lipinski definition) is 1. The third kappa shape index (κ3) is 6.14. The number of hydrogen-bond acceptors (Lipinski definition) is 4. The first-order valence-corrected chi connectivity index (χ1v) is 12.0. The van der Waals surface area contributed by atoms with E-state index in [-0.39, 0.29) is 24.0 Å². The number of nitrogens with one attached hydrogen (secondary N) is 1. The van der Waals surface area contributed by atoms with E-state index in [1.165, 1.54) is 9.87 Å². The van der Waals surface area contributed by atoms with Crippen molar-refractivity contribution in [2.45, 2.75) is 30.7 Å². The summed E-state index contributed by atoms with van der Waals surface area (Å²) in [7, 11) is 1.25. The average Bonchev–Trinajstić information content (AvgIpc) is 3.27. The SMILES string of the molecule is CCNC(=NCc1ccccc1S(=O)(=O)N(C)C)N1CCC(c2ccc(OC)cc2)C1.I. The van der Waals surface area contributed by atoms with Gasteiger partial charge >= 0.3 is 0 Å². The largest absolute Gasteiger partial charge is 0.497 e. The van der Waals surface area contributed by atoms with Gasteiger partial charge in [-0.2, -0.15) is 0 Å². The van der Waals surface area contributed by atoms with Crippen molar-refractivity contribution < 1.29 is 13.2 Å². The number of ether oxygens (including phenoxy) is 1. The number of benzene rings is 2. The van der Waals surface area contributed by atoms with Crippen LogP contribution in [0.25, 0.3) is 0 Å². The molecule has 0 aromatic heterocycles. The molecule has 0 bridgehead atoms. The molecule has 2 aromatic carbocycles. The summed E-state index contributed by atoms with van der Waals surface area (Å²) in [5.41, 5.74) is 1.99. The van der Waals surface area contributed by atoms with Gasteiger partial charge in [-0.15, -0.1) is 24.0 Å². The maximum atomic E-state index is 12.7. The molecule has 1 saturated heterocycles. The molecule has 7 nitrogen and oxygen atoms in total. The third-order valence-corrected chi connectivity index (χ3v) is 7.46. The second kappa shape index (κ2) is 11.9. The summed E-state index contributed by atoms with van der Waals surface area (Å²) in [5.74, 6) is 2.10. The van der Waals surface area contributed by atoms with E-state index in [2.05, 4.69) is 22.3 Å². The lowest BCUT2D eigenvalue weighted by Crippen LogP contribution is -2.40. The molecule has 1 atom stereocenters. The minimum absolute atomic E-state index is 0. The Labute approximate surface area is 208 Å². The summed E-state index contributed by atoms with van der Waals surface area (Å²) in [4.78, 5) is 7.34. The van der Waals surface area contributed by atoms with Gasteiger partial charge in [0.25, 0.3) is 0 Å². The monoisotopic (exact) mass is 572 g/mol. The fourth-order valence-corrected chi connectivity index (χ4v) is 4.88.